The minimum absolute atomic E-state index is 0.170. The highest BCUT2D eigenvalue weighted by atomic mass is 79.9. The molecule has 0 aromatic carbocycles. The van der Waals surface area contributed by atoms with Gasteiger partial charge in [0.1, 0.15) is 12.4 Å². The van der Waals surface area contributed by atoms with Crippen molar-refractivity contribution in [3.05, 3.63) is 10.4 Å². The topological polar surface area (TPSA) is 76.5 Å². The van der Waals surface area contributed by atoms with Gasteiger partial charge in [-0.15, -0.1) is 0 Å². The lowest BCUT2D eigenvalue weighted by Crippen LogP contribution is -2.35. The van der Waals surface area contributed by atoms with Gasteiger partial charge in [0.25, 0.3) is 0 Å². The van der Waals surface area contributed by atoms with Crippen LogP contribution in [0.25, 0.3) is 0 Å². The number of halogens is 1. The van der Waals surface area contributed by atoms with Gasteiger partial charge in [0.05, 0.1) is 0 Å². The summed E-state index contributed by atoms with van der Waals surface area (Å²) in [5.74, 6) is 0.267. The number of hydrogen-bond donors (Lipinski definition) is 1. The first-order valence-corrected chi connectivity index (χ1v) is 5.51. The normalized spacial score (nSPS) is 10.1. The standard InChI is InChI=1S/C9H13BrN4O3/c1-11-9(16)13(2)7-6(4-15)14(5-17-3)8(10)12-7/h4H,5H2,1-3H3,(H,11,16). The number of aldehydes is 1. The fourth-order valence-electron chi connectivity index (χ4n) is 1.30. The average molecular weight is 305 g/mol. The summed E-state index contributed by atoms with van der Waals surface area (Å²) in [6, 6.07) is -0.359. The molecule has 0 saturated carbocycles. The van der Waals surface area contributed by atoms with Crippen molar-refractivity contribution < 1.29 is 14.3 Å². The zero-order valence-electron chi connectivity index (χ0n) is 9.73. The van der Waals surface area contributed by atoms with E-state index in [1.54, 1.807) is 0 Å². The Morgan fingerprint density at radius 1 is 1.71 bits per heavy atom. The molecule has 0 saturated heterocycles. The molecule has 0 spiro atoms. The number of nitrogens with zero attached hydrogens (tertiary/aromatic N) is 3. The zero-order chi connectivity index (χ0) is 13.0. The Hall–Kier alpha value is -1.41. The number of aromatic nitrogens is 2. The van der Waals surface area contributed by atoms with Gasteiger partial charge in [-0.25, -0.2) is 9.78 Å². The minimum Gasteiger partial charge on any atom is -0.364 e. The molecular weight excluding hydrogens is 292 g/mol. The summed E-state index contributed by atoms with van der Waals surface area (Å²) in [6.45, 7) is 0.170. The van der Waals surface area contributed by atoms with E-state index in [2.05, 4.69) is 26.2 Å². The molecule has 0 unspecified atom stereocenters. The predicted octanol–water partition coefficient (Wildman–Crippen LogP) is 0.838. The molecule has 0 atom stereocenters. The lowest BCUT2D eigenvalue weighted by Gasteiger charge is -2.14. The molecule has 8 heteroatoms. The first-order chi connectivity index (χ1) is 8.06. The summed E-state index contributed by atoms with van der Waals surface area (Å²) in [5, 5.41) is 2.45. The first kappa shape index (κ1) is 13.7. The highest BCUT2D eigenvalue weighted by molar-refractivity contribution is 9.10. The average Bonchev–Trinajstić information content (AvgIpc) is 2.65. The van der Waals surface area contributed by atoms with E-state index in [4.69, 9.17) is 4.74 Å². The third kappa shape index (κ3) is 2.64. The molecule has 0 aliphatic rings. The van der Waals surface area contributed by atoms with E-state index in [0.29, 0.717) is 11.0 Å². The first-order valence-electron chi connectivity index (χ1n) is 4.72. The number of urea groups is 1. The summed E-state index contributed by atoms with van der Waals surface area (Å²) in [4.78, 5) is 27.9. The van der Waals surface area contributed by atoms with Crippen LogP contribution in [0, 0.1) is 0 Å². The van der Waals surface area contributed by atoms with Crippen LogP contribution in [-0.4, -0.2) is 43.1 Å². The maximum absolute atomic E-state index is 11.5. The fraction of sp³-hybridized carbons (Fsp3) is 0.444. The van der Waals surface area contributed by atoms with Crippen LogP contribution in [0.4, 0.5) is 10.6 Å². The minimum atomic E-state index is -0.359. The van der Waals surface area contributed by atoms with Gasteiger partial charge in [-0.3, -0.25) is 14.3 Å². The molecule has 0 fully saturated rings. The lowest BCUT2D eigenvalue weighted by atomic mass is 10.4. The Balaban J connectivity index is 3.20. The van der Waals surface area contributed by atoms with E-state index in [1.807, 2.05) is 0 Å². The van der Waals surface area contributed by atoms with Crippen LogP contribution in [0.15, 0.2) is 4.73 Å². The number of hydrogen-bond acceptors (Lipinski definition) is 4. The van der Waals surface area contributed by atoms with Crippen LogP contribution in [0.5, 0.6) is 0 Å². The molecule has 7 nitrogen and oxygen atoms in total. The Morgan fingerprint density at radius 2 is 2.35 bits per heavy atom. The Kier molecular flexibility index (Phi) is 4.64. The predicted molar refractivity (Wildman–Crippen MR) is 65.2 cm³/mol. The van der Waals surface area contributed by atoms with E-state index in [1.165, 1.54) is 30.7 Å². The highest BCUT2D eigenvalue weighted by Gasteiger charge is 2.21. The van der Waals surface area contributed by atoms with Gasteiger partial charge in [-0.05, 0) is 15.9 Å². The molecule has 1 rings (SSSR count). The molecule has 17 heavy (non-hydrogen) atoms. The molecule has 1 N–H and O–H groups in total. The molecule has 94 valence electrons. The number of anilines is 1. The van der Waals surface area contributed by atoms with Crippen molar-refractivity contribution in [2.24, 2.45) is 0 Å². The molecule has 1 aromatic rings. The molecule has 1 aromatic heterocycles. The Bertz CT molecular complexity index is 432. The number of methoxy groups -OCH3 is 1. The number of carbonyl (C=O) groups is 2. The SMILES string of the molecule is CNC(=O)N(C)c1nc(Br)n(COC)c1C=O. The van der Waals surface area contributed by atoms with Crippen LogP contribution in [-0.2, 0) is 11.5 Å². The van der Waals surface area contributed by atoms with Gasteiger partial charge in [0, 0.05) is 21.2 Å². The van der Waals surface area contributed by atoms with Crippen LogP contribution >= 0.6 is 15.9 Å². The number of amides is 2. The molecule has 2 amide bonds. The second kappa shape index (κ2) is 5.78. The van der Waals surface area contributed by atoms with Crippen molar-refractivity contribution >= 4 is 34.1 Å². The van der Waals surface area contributed by atoms with E-state index in [-0.39, 0.29) is 24.3 Å². The number of rotatable bonds is 4. The number of nitrogens with one attached hydrogen (secondary N) is 1. The van der Waals surface area contributed by atoms with Gasteiger partial charge in [-0.2, -0.15) is 0 Å². The molecular formula is C9H13BrN4O3. The maximum Gasteiger partial charge on any atom is 0.322 e. The second-order valence-corrected chi connectivity index (χ2v) is 3.88. The fourth-order valence-corrected chi connectivity index (χ4v) is 1.77. The van der Waals surface area contributed by atoms with Crippen LogP contribution in [0.2, 0.25) is 0 Å². The summed E-state index contributed by atoms with van der Waals surface area (Å²) < 4.78 is 6.89. The third-order valence-corrected chi connectivity index (χ3v) is 2.75. The molecule has 0 aliphatic heterocycles. The van der Waals surface area contributed by atoms with Gasteiger partial charge in [0.15, 0.2) is 16.8 Å². The van der Waals surface area contributed by atoms with E-state index >= 15 is 0 Å². The van der Waals surface area contributed by atoms with Gasteiger partial charge in [0.2, 0.25) is 0 Å². The van der Waals surface area contributed by atoms with Crippen molar-refractivity contribution in [3.8, 4) is 0 Å². The maximum atomic E-state index is 11.5. The van der Waals surface area contributed by atoms with Crippen molar-refractivity contribution in [1.29, 1.82) is 0 Å². The van der Waals surface area contributed by atoms with E-state index in [9.17, 15) is 9.59 Å². The second-order valence-electron chi connectivity index (χ2n) is 3.17. The zero-order valence-corrected chi connectivity index (χ0v) is 11.3. The monoisotopic (exact) mass is 304 g/mol. The molecule has 0 aliphatic carbocycles. The Morgan fingerprint density at radius 3 is 2.82 bits per heavy atom. The van der Waals surface area contributed by atoms with Crippen molar-refractivity contribution in [3.63, 3.8) is 0 Å². The summed E-state index contributed by atoms with van der Waals surface area (Å²) >= 11 is 3.20. The largest absolute Gasteiger partial charge is 0.364 e. The molecule has 1 heterocycles. The van der Waals surface area contributed by atoms with Crippen LogP contribution < -0.4 is 10.2 Å². The smallest absolute Gasteiger partial charge is 0.322 e. The van der Waals surface area contributed by atoms with Crippen LogP contribution in [0.1, 0.15) is 10.5 Å². The quantitative estimate of drug-likeness (QED) is 0.836. The van der Waals surface area contributed by atoms with Crippen LogP contribution in [0.3, 0.4) is 0 Å². The van der Waals surface area contributed by atoms with E-state index in [0.717, 1.165) is 0 Å². The van der Waals surface area contributed by atoms with E-state index < -0.39 is 0 Å². The van der Waals surface area contributed by atoms with Crippen molar-refractivity contribution in [2.75, 3.05) is 26.1 Å². The number of imidazole rings is 1. The number of ether oxygens (including phenoxy) is 1. The van der Waals surface area contributed by atoms with Crippen molar-refractivity contribution in [2.45, 2.75) is 6.73 Å². The van der Waals surface area contributed by atoms with Gasteiger partial charge >= 0.3 is 6.03 Å². The molecule has 0 radical (unpaired) electrons. The summed E-state index contributed by atoms with van der Waals surface area (Å²) in [5.41, 5.74) is 0.268. The molecule has 0 bridgehead atoms. The summed E-state index contributed by atoms with van der Waals surface area (Å²) in [7, 11) is 4.53. The van der Waals surface area contributed by atoms with Crippen molar-refractivity contribution in [1.82, 2.24) is 14.9 Å². The van der Waals surface area contributed by atoms with Gasteiger partial charge in [-0.1, -0.05) is 0 Å². The number of carbonyl (C=O) groups excluding carboxylic acids is 2. The third-order valence-electron chi connectivity index (χ3n) is 2.15. The summed E-state index contributed by atoms with van der Waals surface area (Å²) in [6.07, 6.45) is 0.631. The lowest BCUT2D eigenvalue weighted by molar-refractivity contribution is 0.106. The highest BCUT2D eigenvalue weighted by Crippen LogP contribution is 2.22. The Labute approximate surface area is 107 Å². The van der Waals surface area contributed by atoms with Gasteiger partial charge < -0.3 is 10.1 Å².